The van der Waals surface area contributed by atoms with E-state index in [9.17, 15) is 14.7 Å². The maximum atomic E-state index is 12.7. The number of nitrogens with zero attached hydrogens (tertiary/aromatic N) is 1. The molecule has 2 saturated heterocycles. The number of aliphatic carboxylic acids is 1. The van der Waals surface area contributed by atoms with E-state index in [1.54, 1.807) is 12.0 Å². The van der Waals surface area contributed by atoms with Gasteiger partial charge in [-0.1, -0.05) is 12.1 Å². The van der Waals surface area contributed by atoms with Gasteiger partial charge in [-0.15, -0.1) is 0 Å². The summed E-state index contributed by atoms with van der Waals surface area (Å²) in [5.41, 5.74) is 1.04. The standard InChI is InChI=1S/C18H23NO5/c1-12-3-4-13(7-15(12)23-2)8-16(20)19-9-14-10-24-6-5-18(14,11-19)17(21)22/h3-4,7,14H,5-6,8-11H2,1-2H3,(H,21,22)/t14-,18+/m0/s1. The number of hydrogen-bond donors (Lipinski definition) is 1. The van der Waals surface area contributed by atoms with Crippen molar-refractivity contribution in [2.45, 2.75) is 19.8 Å². The number of amides is 1. The zero-order valence-electron chi connectivity index (χ0n) is 14.1. The van der Waals surface area contributed by atoms with Crippen molar-refractivity contribution in [1.82, 2.24) is 4.90 Å². The minimum absolute atomic E-state index is 0.0454. The molecule has 0 spiro atoms. The maximum absolute atomic E-state index is 12.7. The number of carbonyl (C=O) groups is 2. The van der Waals surface area contributed by atoms with Gasteiger partial charge in [0, 0.05) is 25.6 Å². The lowest BCUT2D eigenvalue weighted by Crippen LogP contribution is -2.45. The molecule has 0 aliphatic carbocycles. The number of ether oxygens (including phenoxy) is 2. The molecule has 2 aliphatic rings. The number of rotatable bonds is 4. The lowest BCUT2D eigenvalue weighted by molar-refractivity contribution is -0.157. The van der Waals surface area contributed by atoms with E-state index in [1.165, 1.54) is 0 Å². The summed E-state index contributed by atoms with van der Waals surface area (Å²) in [5, 5.41) is 9.68. The third kappa shape index (κ3) is 2.86. The van der Waals surface area contributed by atoms with Gasteiger partial charge in [-0.2, -0.15) is 0 Å². The van der Waals surface area contributed by atoms with Crippen molar-refractivity contribution in [3.63, 3.8) is 0 Å². The zero-order valence-corrected chi connectivity index (χ0v) is 14.1. The first-order valence-electron chi connectivity index (χ1n) is 8.19. The fourth-order valence-corrected chi connectivity index (χ4v) is 3.75. The zero-order chi connectivity index (χ0) is 17.3. The van der Waals surface area contributed by atoms with Crippen molar-refractivity contribution < 1.29 is 24.2 Å². The summed E-state index contributed by atoms with van der Waals surface area (Å²) in [6, 6.07) is 5.71. The summed E-state index contributed by atoms with van der Waals surface area (Å²) < 4.78 is 10.7. The number of fused-ring (bicyclic) bond motifs is 1. The van der Waals surface area contributed by atoms with Gasteiger partial charge >= 0.3 is 5.97 Å². The highest BCUT2D eigenvalue weighted by Crippen LogP contribution is 2.42. The lowest BCUT2D eigenvalue weighted by Gasteiger charge is -2.33. The van der Waals surface area contributed by atoms with Crippen LogP contribution >= 0.6 is 0 Å². The molecule has 130 valence electrons. The van der Waals surface area contributed by atoms with Crippen LogP contribution in [0.2, 0.25) is 0 Å². The summed E-state index contributed by atoms with van der Waals surface area (Å²) in [7, 11) is 1.61. The quantitative estimate of drug-likeness (QED) is 0.903. The fraction of sp³-hybridized carbons (Fsp3) is 0.556. The highest BCUT2D eigenvalue weighted by atomic mass is 16.5. The van der Waals surface area contributed by atoms with Crippen molar-refractivity contribution in [1.29, 1.82) is 0 Å². The Morgan fingerprint density at radius 2 is 2.25 bits per heavy atom. The van der Waals surface area contributed by atoms with E-state index in [4.69, 9.17) is 9.47 Å². The molecule has 0 radical (unpaired) electrons. The molecule has 2 fully saturated rings. The molecular weight excluding hydrogens is 310 g/mol. The summed E-state index contributed by atoms with van der Waals surface area (Å²) >= 11 is 0. The molecule has 6 heteroatoms. The molecule has 0 bridgehead atoms. The molecule has 1 aromatic rings. The van der Waals surface area contributed by atoms with Gasteiger partial charge in [-0.05, 0) is 30.5 Å². The molecular formula is C18H23NO5. The first-order valence-corrected chi connectivity index (χ1v) is 8.19. The van der Waals surface area contributed by atoms with Gasteiger partial charge in [0.2, 0.25) is 5.91 Å². The van der Waals surface area contributed by atoms with Gasteiger partial charge in [0.05, 0.1) is 25.6 Å². The SMILES string of the molecule is COc1cc(CC(=O)N2C[C@H]3COCC[C@@]3(C(=O)O)C2)ccc1C. The summed E-state index contributed by atoms with van der Waals surface area (Å²) in [4.78, 5) is 26.1. The molecule has 6 nitrogen and oxygen atoms in total. The predicted molar refractivity (Wildman–Crippen MR) is 87.0 cm³/mol. The minimum Gasteiger partial charge on any atom is -0.496 e. The van der Waals surface area contributed by atoms with E-state index in [0.29, 0.717) is 26.2 Å². The number of methoxy groups -OCH3 is 1. The second kappa shape index (κ2) is 6.43. The number of hydrogen-bond acceptors (Lipinski definition) is 4. The molecule has 24 heavy (non-hydrogen) atoms. The fourth-order valence-electron chi connectivity index (χ4n) is 3.75. The Labute approximate surface area is 141 Å². The van der Waals surface area contributed by atoms with Gasteiger partial charge in [-0.3, -0.25) is 9.59 Å². The predicted octanol–water partition coefficient (Wildman–Crippen LogP) is 1.50. The van der Waals surface area contributed by atoms with Crippen molar-refractivity contribution in [2.75, 3.05) is 33.4 Å². The molecule has 3 rings (SSSR count). The van der Waals surface area contributed by atoms with Crippen LogP contribution in [0.4, 0.5) is 0 Å². The first kappa shape index (κ1) is 16.8. The highest BCUT2D eigenvalue weighted by Gasteiger charge is 2.54. The Bertz CT molecular complexity index is 659. The van der Waals surface area contributed by atoms with E-state index in [-0.39, 0.29) is 24.8 Å². The Morgan fingerprint density at radius 1 is 1.46 bits per heavy atom. The molecule has 1 N–H and O–H groups in total. The van der Waals surface area contributed by atoms with Gasteiger partial charge in [0.25, 0.3) is 0 Å². The van der Waals surface area contributed by atoms with Crippen LogP contribution in [0.1, 0.15) is 17.5 Å². The van der Waals surface area contributed by atoms with E-state index in [1.807, 2.05) is 25.1 Å². The summed E-state index contributed by atoms with van der Waals surface area (Å²) in [6.07, 6.45) is 0.717. The Kier molecular flexibility index (Phi) is 4.49. The molecule has 1 aromatic carbocycles. The molecule has 1 amide bonds. The van der Waals surface area contributed by atoms with Crippen LogP contribution in [0.5, 0.6) is 5.75 Å². The Morgan fingerprint density at radius 3 is 2.92 bits per heavy atom. The van der Waals surface area contributed by atoms with E-state index < -0.39 is 11.4 Å². The third-order valence-corrected chi connectivity index (χ3v) is 5.31. The molecule has 2 atom stereocenters. The van der Waals surface area contributed by atoms with Crippen LogP contribution in [-0.2, 0) is 20.7 Å². The Balaban J connectivity index is 1.73. The highest BCUT2D eigenvalue weighted by molar-refractivity contribution is 5.82. The lowest BCUT2D eigenvalue weighted by atomic mass is 9.74. The van der Waals surface area contributed by atoms with Crippen LogP contribution in [-0.4, -0.2) is 55.3 Å². The van der Waals surface area contributed by atoms with Crippen LogP contribution in [0.3, 0.4) is 0 Å². The van der Waals surface area contributed by atoms with Crippen LogP contribution in [0.15, 0.2) is 18.2 Å². The van der Waals surface area contributed by atoms with E-state index in [0.717, 1.165) is 16.9 Å². The van der Waals surface area contributed by atoms with E-state index in [2.05, 4.69) is 0 Å². The second-order valence-electron chi connectivity index (χ2n) is 6.74. The number of carbonyl (C=O) groups excluding carboxylic acids is 1. The molecule has 0 aromatic heterocycles. The second-order valence-corrected chi connectivity index (χ2v) is 6.74. The van der Waals surface area contributed by atoms with Gasteiger partial charge < -0.3 is 19.5 Å². The molecule has 2 aliphatic heterocycles. The number of likely N-dealkylation sites (tertiary alicyclic amines) is 1. The van der Waals surface area contributed by atoms with Gasteiger partial charge in [0.1, 0.15) is 5.75 Å². The van der Waals surface area contributed by atoms with Crippen molar-refractivity contribution in [3.8, 4) is 5.75 Å². The largest absolute Gasteiger partial charge is 0.496 e. The summed E-state index contributed by atoms with van der Waals surface area (Å²) in [5.74, 6) is -0.231. The molecule has 0 unspecified atom stereocenters. The average molecular weight is 333 g/mol. The first-order chi connectivity index (χ1) is 11.5. The van der Waals surface area contributed by atoms with Crippen molar-refractivity contribution in [3.05, 3.63) is 29.3 Å². The molecule has 0 saturated carbocycles. The smallest absolute Gasteiger partial charge is 0.311 e. The number of carboxylic acid groups (broad SMARTS) is 1. The Hall–Kier alpha value is -2.08. The number of benzene rings is 1. The van der Waals surface area contributed by atoms with Crippen molar-refractivity contribution >= 4 is 11.9 Å². The average Bonchev–Trinajstić information content (AvgIpc) is 2.98. The van der Waals surface area contributed by atoms with E-state index >= 15 is 0 Å². The number of aryl methyl sites for hydroxylation is 1. The van der Waals surface area contributed by atoms with Crippen LogP contribution < -0.4 is 4.74 Å². The topological polar surface area (TPSA) is 76.1 Å². The van der Waals surface area contributed by atoms with Crippen molar-refractivity contribution in [2.24, 2.45) is 11.3 Å². The normalized spacial score (nSPS) is 26.1. The van der Waals surface area contributed by atoms with Gasteiger partial charge in [0.15, 0.2) is 0 Å². The summed E-state index contributed by atoms with van der Waals surface area (Å²) in [6.45, 7) is 3.53. The van der Waals surface area contributed by atoms with Crippen LogP contribution in [0, 0.1) is 18.3 Å². The number of carboxylic acids is 1. The maximum Gasteiger partial charge on any atom is 0.311 e. The van der Waals surface area contributed by atoms with Gasteiger partial charge in [-0.25, -0.2) is 0 Å². The molecule has 2 heterocycles. The van der Waals surface area contributed by atoms with Crippen LogP contribution in [0.25, 0.3) is 0 Å². The third-order valence-electron chi connectivity index (χ3n) is 5.31. The monoisotopic (exact) mass is 333 g/mol. The minimum atomic E-state index is -0.848.